The highest BCUT2D eigenvalue weighted by Gasteiger charge is 2.12. The quantitative estimate of drug-likeness (QED) is 0.788. The minimum atomic E-state index is -1.35. The molecule has 1 aromatic heterocycles. The van der Waals surface area contributed by atoms with Crippen LogP contribution in [0.25, 0.3) is 11.0 Å². The second kappa shape index (κ2) is 5.76. The number of nitrogens with one attached hydrogen (secondary N) is 1. The van der Waals surface area contributed by atoms with Gasteiger partial charge in [0.1, 0.15) is 5.58 Å². The van der Waals surface area contributed by atoms with Gasteiger partial charge in [-0.25, -0.2) is 0 Å². The van der Waals surface area contributed by atoms with Gasteiger partial charge in [0, 0.05) is 11.8 Å². The zero-order valence-electron chi connectivity index (χ0n) is 11.7. The summed E-state index contributed by atoms with van der Waals surface area (Å²) in [5, 5.41) is 13.7. The van der Waals surface area contributed by atoms with Crippen molar-refractivity contribution in [3.05, 3.63) is 76.1 Å². The van der Waals surface area contributed by atoms with E-state index in [2.05, 4.69) is 5.32 Å². The fourth-order valence-corrected chi connectivity index (χ4v) is 2.13. The summed E-state index contributed by atoms with van der Waals surface area (Å²) in [4.78, 5) is 35.0. The summed E-state index contributed by atoms with van der Waals surface area (Å²) in [6.45, 7) is 0. The van der Waals surface area contributed by atoms with Crippen LogP contribution in [-0.2, 0) is 0 Å². The maximum atomic E-state index is 12.2. The number of hydrogen-bond acceptors (Lipinski definition) is 5. The molecular weight excluding hydrogens is 298 g/mol. The minimum absolute atomic E-state index is 0.0669. The third-order valence-corrected chi connectivity index (χ3v) is 3.21. The summed E-state index contributed by atoms with van der Waals surface area (Å²) in [6, 6.07) is 13.3. The normalized spacial score (nSPS) is 10.4. The van der Waals surface area contributed by atoms with Crippen molar-refractivity contribution < 1.29 is 19.1 Å². The van der Waals surface area contributed by atoms with Crippen LogP contribution in [0, 0.1) is 0 Å². The lowest BCUT2D eigenvalue weighted by molar-refractivity contribution is -0.255. The molecule has 0 aliphatic carbocycles. The van der Waals surface area contributed by atoms with Crippen LogP contribution < -0.4 is 15.9 Å². The Bertz CT molecular complexity index is 974. The van der Waals surface area contributed by atoms with E-state index in [0.717, 1.165) is 6.07 Å². The van der Waals surface area contributed by atoms with Gasteiger partial charge in [-0.3, -0.25) is 9.59 Å². The first-order valence-electron chi connectivity index (χ1n) is 6.70. The molecule has 0 saturated heterocycles. The number of fused-ring (bicyclic) bond motifs is 1. The number of para-hydroxylation sites is 1. The van der Waals surface area contributed by atoms with E-state index in [1.807, 2.05) is 0 Å². The van der Waals surface area contributed by atoms with Crippen LogP contribution >= 0.6 is 0 Å². The third kappa shape index (κ3) is 2.96. The number of aromatic carboxylic acids is 1. The van der Waals surface area contributed by atoms with Crippen LogP contribution in [0.15, 0.2) is 63.8 Å². The third-order valence-electron chi connectivity index (χ3n) is 3.21. The molecule has 23 heavy (non-hydrogen) atoms. The number of carboxylic acids is 1. The van der Waals surface area contributed by atoms with Crippen LogP contribution in [0.1, 0.15) is 20.9 Å². The first kappa shape index (κ1) is 14.5. The Kier molecular flexibility index (Phi) is 3.64. The predicted octanol–water partition coefficient (Wildman–Crippen LogP) is 1.41. The molecule has 1 amide bonds. The maximum Gasteiger partial charge on any atom is 0.291 e. The van der Waals surface area contributed by atoms with Gasteiger partial charge in [-0.2, -0.15) is 0 Å². The minimum Gasteiger partial charge on any atom is -0.545 e. The Balaban J connectivity index is 1.93. The van der Waals surface area contributed by atoms with Gasteiger partial charge in [0.15, 0.2) is 11.2 Å². The molecule has 3 aromatic rings. The zero-order chi connectivity index (χ0) is 16.4. The topological polar surface area (TPSA) is 99.4 Å². The zero-order valence-corrected chi connectivity index (χ0v) is 11.7. The molecule has 6 heteroatoms. The molecule has 0 fully saturated rings. The van der Waals surface area contributed by atoms with E-state index in [4.69, 9.17) is 4.42 Å². The molecule has 2 aromatic carbocycles. The van der Waals surface area contributed by atoms with Gasteiger partial charge in [-0.1, -0.05) is 24.3 Å². The molecule has 1 N–H and O–H groups in total. The molecular formula is C17H10NO5-. The second-order valence-electron chi connectivity index (χ2n) is 4.79. The predicted molar refractivity (Wildman–Crippen MR) is 81.2 cm³/mol. The largest absolute Gasteiger partial charge is 0.545 e. The van der Waals surface area contributed by atoms with Crippen molar-refractivity contribution in [1.29, 1.82) is 0 Å². The number of benzene rings is 2. The summed E-state index contributed by atoms with van der Waals surface area (Å²) >= 11 is 0. The van der Waals surface area contributed by atoms with Crippen molar-refractivity contribution in [3.63, 3.8) is 0 Å². The molecule has 0 atom stereocenters. The summed E-state index contributed by atoms with van der Waals surface area (Å²) in [5.74, 6) is -2.16. The first-order chi connectivity index (χ1) is 11.0. The number of carboxylic acid groups (broad SMARTS) is 1. The molecule has 0 saturated carbocycles. The Morgan fingerprint density at radius 2 is 1.78 bits per heavy atom. The number of rotatable bonds is 3. The van der Waals surface area contributed by atoms with Crippen LogP contribution in [0.4, 0.5) is 5.69 Å². The van der Waals surface area contributed by atoms with E-state index in [9.17, 15) is 19.5 Å². The first-order valence-corrected chi connectivity index (χ1v) is 6.70. The standard InChI is InChI=1S/C17H11NO5/c19-13-9-15(23-14-7-2-1-6-12(13)14)16(20)18-11-5-3-4-10(8-11)17(21)22/h1-9H,(H,18,20)(H,21,22)/p-1. The molecule has 0 aliphatic rings. The Morgan fingerprint density at radius 3 is 2.57 bits per heavy atom. The van der Waals surface area contributed by atoms with Gasteiger partial charge >= 0.3 is 0 Å². The number of carbonyl (C=O) groups excluding carboxylic acids is 2. The van der Waals surface area contributed by atoms with E-state index in [1.54, 1.807) is 24.3 Å². The van der Waals surface area contributed by atoms with Crippen molar-refractivity contribution in [1.82, 2.24) is 0 Å². The Hall–Kier alpha value is -3.41. The maximum absolute atomic E-state index is 12.2. The summed E-state index contributed by atoms with van der Waals surface area (Å²) in [7, 11) is 0. The molecule has 3 rings (SSSR count). The van der Waals surface area contributed by atoms with E-state index in [0.29, 0.717) is 11.0 Å². The lowest BCUT2D eigenvalue weighted by atomic mass is 10.2. The van der Waals surface area contributed by atoms with Crippen LogP contribution in [0.5, 0.6) is 0 Å². The van der Waals surface area contributed by atoms with Gasteiger partial charge < -0.3 is 19.6 Å². The van der Waals surface area contributed by atoms with Gasteiger partial charge in [-0.15, -0.1) is 0 Å². The van der Waals surface area contributed by atoms with Gasteiger partial charge in [0.05, 0.1) is 11.4 Å². The highest BCUT2D eigenvalue weighted by Crippen LogP contribution is 2.15. The highest BCUT2D eigenvalue weighted by molar-refractivity contribution is 6.03. The van der Waals surface area contributed by atoms with Crippen molar-refractivity contribution in [3.8, 4) is 0 Å². The smallest absolute Gasteiger partial charge is 0.291 e. The van der Waals surface area contributed by atoms with E-state index in [-0.39, 0.29) is 22.4 Å². The highest BCUT2D eigenvalue weighted by atomic mass is 16.4. The van der Waals surface area contributed by atoms with Crippen LogP contribution in [-0.4, -0.2) is 11.9 Å². The number of hydrogen-bond donors (Lipinski definition) is 1. The Labute approximate surface area is 130 Å². The van der Waals surface area contributed by atoms with E-state index < -0.39 is 11.9 Å². The molecule has 0 unspecified atom stereocenters. The second-order valence-corrected chi connectivity index (χ2v) is 4.79. The monoisotopic (exact) mass is 308 g/mol. The number of carbonyl (C=O) groups is 2. The van der Waals surface area contributed by atoms with Crippen molar-refractivity contribution in [2.75, 3.05) is 5.32 Å². The van der Waals surface area contributed by atoms with Crippen molar-refractivity contribution >= 4 is 28.5 Å². The Morgan fingerprint density at radius 1 is 1.00 bits per heavy atom. The van der Waals surface area contributed by atoms with Crippen LogP contribution in [0.3, 0.4) is 0 Å². The summed E-state index contributed by atoms with van der Waals surface area (Å²) < 4.78 is 5.41. The lowest BCUT2D eigenvalue weighted by Crippen LogP contribution is -2.22. The molecule has 1 heterocycles. The summed E-state index contributed by atoms with van der Waals surface area (Å²) in [6.07, 6.45) is 0. The lowest BCUT2D eigenvalue weighted by Gasteiger charge is -2.08. The van der Waals surface area contributed by atoms with Crippen molar-refractivity contribution in [2.24, 2.45) is 0 Å². The van der Waals surface area contributed by atoms with Crippen molar-refractivity contribution in [2.45, 2.75) is 0 Å². The molecule has 0 bridgehead atoms. The van der Waals surface area contributed by atoms with Gasteiger partial charge in [0.2, 0.25) is 0 Å². The van der Waals surface area contributed by atoms with Crippen LogP contribution in [0.2, 0.25) is 0 Å². The average molecular weight is 308 g/mol. The molecule has 0 radical (unpaired) electrons. The fraction of sp³-hybridized carbons (Fsp3) is 0. The molecule has 6 nitrogen and oxygen atoms in total. The van der Waals surface area contributed by atoms with Gasteiger partial charge in [0.25, 0.3) is 5.91 Å². The number of amides is 1. The molecule has 0 spiro atoms. The molecule has 114 valence electrons. The van der Waals surface area contributed by atoms with E-state index >= 15 is 0 Å². The van der Waals surface area contributed by atoms with E-state index in [1.165, 1.54) is 24.3 Å². The van der Waals surface area contributed by atoms with Gasteiger partial charge in [-0.05, 0) is 29.8 Å². The number of anilines is 1. The average Bonchev–Trinajstić information content (AvgIpc) is 2.55. The summed E-state index contributed by atoms with van der Waals surface area (Å²) in [5.41, 5.74) is 0.157. The fourth-order valence-electron chi connectivity index (χ4n) is 2.13. The SMILES string of the molecule is O=C([O-])c1cccc(NC(=O)c2cc(=O)c3ccccc3o2)c1. The molecule has 0 aliphatic heterocycles.